The summed E-state index contributed by atoms with van der Waals surface area (Å²) in [5.41, 5.74) is 0.518. The van der Waals surface area contributed by atoms with Crippen molar-refractivity contribution in [2.45, 2.75) is 4.90 Å². The molecule has 2 rings (SSSR count). The third kappa shape index (κ3) is 4.96. The van der Waals surface area contributed by atoms with Crippen molar-refractivity contribution in [1.82, 2.24) is 9.80 Å². The Balaban J connectivity index is 1.85. The van der Waals surface area contributed by atoms with E-state index < -0.39 is 11.8 Å². The van der Waals surface area contributed by atoms with E-state index in [0.717, 1.165) is 16.7 Å². The first kappa shape index (κ1) is 17.3. The molecule has 0 unspecified atom stereocenters. The summed E-state index contributed by atoms with van der Waals surface area (Å²) in [6.07, 6.45) is 0. The van der Waals surface area contributed by atoms with E-state index in [9.17, 15) is 9.59 Å². The Morgan fingerprint density at radius 1 is 1.22 bits per heavy atom. The Morgan fingerprint density at radius 3 is 2.43 bits per heavy atom. The van der Waals surface area contributed by atoms with Gasteiger partial charge in [0.05, 0.1) is 6.61 Å². The number of hydrogen-bond acceptors (Lipinski definition) is 6. The van der Waals surface area contributed by atoms with Crippen molar-refractivity contribution in [1.29, 1.82) is 5.26 Å². The largest absolute Gasteiger partial charge is 0.395 e. The van der Waals surface area contributed by atoms with Crippen LogP contribution in [0.15, 0.2) is 29.2 Å². The van der Waals surface area contributed by atoms with Gasteiger partial charge in [-0.3, -0.25) is 14.5 Å². The average Bonchev–Trinajstić information content (AvgIpc) is 2.57. The number of amides is 2. The summed E-state index contributed by atoms with van der Waals surface area (Å²) in [5.74, 6) is -1.22. The fourth-order valence-corrected chi connectivity index (χ4v) is 2.68. The van der Waals surface area contributed by atoms with Crippen LogP contribution in [0.4, 0.5) is 5.69 Å². The molecule has 7 nitrogen and oxygen atoms in total. The van der Waals surface area contributed by atoms with Crippen LogP contribution in [0, 0.1) is 10.7 Å². The van der Waals surface area contributed by atoms with Crippen molar-refractivity contribution in [3.8, 4) is 5.40 Å². The van der Waals surface area contributed by atoms with Gasteiger partial charge in [0.1, 0.15) is 5.40 Å². The molecule has 1 aliphatic rings. The third-order valence-corrected chi connectivity index (χ3v) is 4.14. The molecular formula is C15H18N4O3S. The fraction of sp³-hybridized carbons (Fsp3) is 0.400. The van der Waals surface area contributed by atoms with Crippen molar-refractivity contribution >= 4 is 29.3 Å². The van der Waals surface area contributed by atoms with E-state index in [2.05, 4.69) is 5.32 Å². The second-order valence-corrected chi connectivity index (χ2v) is 5.89. The first-order chi connectivity index (χ1) is 11.1. The number of aliphatic hydroxyl groups excluding tert-OH is 1. The Hall–Kier alpha value is -2.08. The summed E-state index contributed by atoms with van der Waals surface area (Å²) in [5, 5.41) is 22.0. The molecule has 1 aromatic rings. The number of piperazine rings is 1. The van der Waals surface area contributed by atoms with Crippen LogP contribution in [0.5, 0.6) is 0 Å². The van der Waals surface area contributed by atoms with Crippen LogP contribution < -0.4 is 5.32 Å². The first-order valence-electron chi connectivity index (χ1n) is 7.23. The van der Waals surface area contributed by atoms with Gasteiger partial charge in [0.2, 0.25) is 0 Å². The van der Waals surface area contributed by atoms with Crippen LogP contribution in [0.1, 0.15) is 0 Å². The number of rotatable bonds is 4. The summed E-state index contributed by atoms with van der Waals surface area (Å²) < 4.78 is 0. The van der Waals surface area contributed by atoms with Crippen molar-refractivity contribution in [3.63, 3.8) is 0 Å². The number of carbonyl (C=O) groups is 2. The quantitative estimate of drug-likeness (QED) is 0.468. The number of hydrogen-bond donors (Lipinski definition) is 2. The number of nitrogens with zero attached hydrogens (tertiary/aromatic N) is 3. The number of anilines is 1. The summed E-state index contributed by atoms with van der Waals surface area (Å²) in [6.45, 7) is 2.93. The van der Waals surface area contributed by atoms with Crippen LogP contribution in [0.2, 0.25) is 0 Å². The second kappa shape index (κ2) is 8.53. The molecule has 0 radical (unpaired) electrons. The zero-order valence-electron chi connectivity index (χ0n) is 12.6. The molecule has 23 heavy (non-hydrogen) atoms. The van der Waals surface area contributed by atoms with E-state index in [1.54, 1.807) is 24.3 Å². The van der Waals surface area contributed by atoms with Gasteiger partial charge in [-0.25, -0.2) is 0 Å². The fourth-order valence-electron chi connectivity index (χ4n) is 2.30. The predicted molar refractivity (Wildman–Crippen MR) is 86.6 cm³/mol. The Labute approximate surface area is 138 Å². The molecule has 1 saturated heterocycles. The van der Waals surface area contributed by atoms with Crippen molar-refractivity contribution in [2.75, 3.05) is 44.6 Å². The van der Waals surface area contributed by atoms with Crippen LogP contribution in [0.25, 0.3) is 0 Å². The van der Waals surface area contributed by atoms with Gasteiger partial charge in [-0.15, -0.1) is 0 Å². The minimum atomic E-state index is -0.665. The highest BCUT2D eigenvalue weighted by Gasteiger charge is 2.25. The van der Waals surface area contributed by atoms with Crippen LogP contribution in [-0.4, -0.2) is 66.1 Å². The number of β-amino-alcohol motifs (C(OH)–C–C–N with tert-alkyl or cyclic N) is 1. The number of benzene rings is 1. The molecule has 1 aliphatic heterocycles. The maximum atomic E-state index is 12.1. The summed E-state index contributed by atoms with van der Waals surface area (Å²) in [6, 6.07) is 6.73. The summed E-state index contributed by atoms with van der Waals surface area (Å²) in [4.78, 5) is 28.5. The average molecular weight is 334 g/mol. The number of nitriles is 1. The first-order valence-corrected chi connectivity index (χ1v) is 8.05. The topological polar surface area (TPSA) is 96.7 Å². The molecule has 8 heteroatoms. The highest BCUT2D eigenvalue weighted by Crippen LogP contribution is 2.19. The highest BCUT2D eigenvalue weighted by atomic mass is 32.2. The van der Waals surface area contributed by atoms with Gasteiger partial charge in [-0.2, -0.15) is 5.26 Å². The molecule has 0 atom stereocenters. The van der Waals surface area contributed by atoms with Crippen LogP contribution in [-0.2, 0) is 9.59 Å². The Bertz CT molecular complexity index is 592. The van der Waals surface area contributed by atoms with Gasteiger partial charge in [0.15, 0.2) is 0 Å². The second-order valence-electron chi connectivity index (χ2n) is 5.03. The summed E-state index contributed by atoms with van der Waals surface area (Å²) in [7, 11) is 0. The number of carbonyl (C=O) groups excluding carboxylic acids is 2. The van der Waals surface area contributed by atoms with Crippen molar-refractivity contribution < 1.29 is 14.7 Å². The van der Waals surface area contributed by atoms with E-state index in [-0.39, 0.29) is 6.61 Å². The maximum absolute atomic E-state index is 12.1. The number of aliphatic hydroxyl groups is 1. The van der Waals surface area contributed by atoms with Gasteiger partial charge in [-0.1, -0.05) is 0 Å². The molecule has 2 amide bonds. The molecule has 0 bridgehead atoms. The SMILES string of the molecule is N#CSc1ccc(NC(=O)C(=O)N2CCN(CCO)CC2)cc1. The molecule has 0 spiro atoms. The molecule has 1 fully saturated rings. The monoisotopic (exact) mass is 334 g/mol. The predicted octanol–water partition coefficient (Wildman–Crippen LogP) is 0.335. The lowest BCUT2D eigenvalue weighted by Crippen LogP contribution is -2.52. The van der Waals surface area contributed by atoms with Gasteiger partial charge < -0.3 is 15.3 Å². The van der Waals surface area contributed by atoms with Crippen LogP contribution >= 0.6 is 11.8 Å². The number of thiocyanates is 1. The highest BCUT2D eigenvalue weighted by molar-refractivity contribution is 8.03. The normalized spacial score (nSPS) is 15.0. The molecule has 2 N–H and O–H groups in total. The van der Waals surface area contributed by atoms with E-state index >= 15 is 0 Å². The van der Waals surface area contributed by atoms with Gasteiger partial charge in [-0.05, 0) is 36.0 Å². The van der Waals surface area contributed by atoms with Gasteiger partial charge in [0, 0.05) is 43.3 Å². The Kier molecular flexibility index (Phi) is 6.40. The molecule has 0 saturated carbocycles. The zero-order valence-corrected chi connectivity index (χ0v) is 13.4. The minimum absolute atomic E-state index is 0.0918. The third-order valence-electron chi connectivity index (χ3n) is 3.55. The minimum Gasteiger partial charge on any atom is -0.395 e. The molecule has 1 heterocycles. The molecule has 122 valence electrons. The van der Waals surface area contributed by atoms with Gasteiger partial charge in [0.25, 0.3) is 0 Å². The van der Waals surface area contributed by atoms with E-state index in [0.29, 0.717) is 38.4 Å². The van der Waals surface area contributed by atoms with E-state index in [1.807, 2.05) is 10.3 Å². The number of nitrogens with one attached hydrogen (secondary N) is 1. The Morgan fingerprint density at radius 2 is 1.87 bits per heavy atom. The lowest BCUT2D eigenvalue weighted by molar-refractivity contribution is -0.144. The maximum Gasteiger partial charge on any atom is 0.313 e. The molecule has 0 aliphatic carbocycles. The lowest BCUT2D eigenvalue weighted by Gasteiger charge is -2.33. The zero-order chi connectivity index (χ0) is 16.7. The smallest absolute Gasteiger partial charge is 0.313 e. The lowest BCUT2D eigenvalue weighted by atomic mass is 10.3. The van der Waals surface area contributed by atoms with Crippen molar-refractivity contribution in [3.05, 3.63) is 24.3 Å². The molecule has 0 aromatic heterocycles. The van der Waals surface area contributed by atoms with Gasteiger partial charge >= 0.3 is 11.8 Å². The number of thioether (sulfide) groups is 1. The summed E-state index contributed by atoms with van der Waals surface area (Å²) >= 11 is 1.03. The standard InChI is InChI=1S/C15H18N4O3S/c16-11-23-13-3-1-12(2-4-13)17-14(21)15(22)19-7-5-18(6-8-19)9-10-20/h1-4,20H,5-10H2,(H,17,21). The molecule has 1 aromatic carbocycles. The van der Waals surface area contributed by atoms with Crippen molar-refractivity contribution in [2.24, 2.45) is 0 Å². The molecular weight excluding hydrogens is 316 g/mol. The van der Waals surface area contributed by atoms with Crippen LogP contribution in [0.3, 0.4) is 0 Å². The van der Waals surface area contributed by atoms with E-state index in [4.69, 9.17) is 10.4 Å². The van der Waals surface area contributed by atoms with E-state index in [1.165, 1.54) is 4.90 Å².